The zero-order valence-corrected chi connectivity index (χ0v) is 20.3. The van der Waals surface area contributed by atoms with Gasteiger partial charge >= 0.3 is 0 Å². The van der Waals surface area contributed by atoms with E-state index in [1.807, 2.05) is 0 Å². The van der Waals surface area contributed by atoms with Crippen LogP contribution in [-0.4, -0.2) is 74.1 Å². The lowest BCUT2D eigenvalue weighted by atomic mass is 9.95. The standard InChI is InChI=1S/C25H24Cl2N2O6/c26-16-2-3-17(18(27)14-16)22-21(23(30)15-1-4-19-20(13-15)35-12-11-34-19)24(31)25(32)29(22)6-5-28-7-9-33-10-8-28/h1-4,13-14,22,30H,5-12H2/p-1. The van der Waals surface area contributed by atoms with Crippen LogP contribution < -0.4 is 14.6 Å². The monoisotopic (exact) mass is 517 g/mol. The molecule has 35 heavy (non-hydrogen) atoms. The van der Waals surface area contributed by atoms with Crippen LogP contribution in [0.4, 0.5) is 0 Å². The zero-order valence-electron chi connectivity index (χ0n) is 18.8. The van der Waals surface area contributed by atoms with Gasteiger partial charge in [-0.1, -0.05) is 41.1 Å². The van der Waals surface area contributed by atoms with Crippen LogP contribution in [-0.2, 0) is 14.3 Å². The van der Waals surface area contributed by atoms with Crippen molar-refractivity contribution < 1.29 is 28.9 Å². The number of hydrogen-bond donors (Lipinski definition) is 0. The first-order valence-electron chi connectivity index (χ1n) is 11.4. The lowest BCUT2D eigenvalue weighted by Crippen LogP contribution is -2.42. The maximum Gasteiger partial charge on any atom is 0.295 e. The van der Waals surface area contributed by atoms with Gasteiger partial charge in [0.25, 0.3) is 5.91 Å². The van der Waals surface area contributed by atoms with Crippen LogP contribution in [0.5, 0.6) is 11.5 Å². The van der Waals surface area contributed by atoms with Crippen LogP contribution in [0, 0.1) is 0 Å². The van der Waals surface area contributed by atoms with Crippen molar-refractivity contribution in [1.82, 2.24) is 9.80 Å². The summed E-state index contributed by atoms with van der Waals surface area (Å²) in [5, 5.41) is 14.4. The number of nitrogens with zero attached hydrogens (tertiary/aromatic N) is 2. The topological polar surface area (TPSA) is 91.4 Å². The van der Waals surface area contributed by atoms with E-state index < -0.39 is 23.5 Å². The molecular weight excluding hydrogens is 495 g/mol. The Morgan fingerprint density at radius 3 is 2.43 bits per heavy atom. The van der Waals surface area contributed by atoms with Crippen molar-refractivity contribution in [3.05, 3.63) is 63.1 Å². The summed E-state index contributed by atoms with van der Waals surface area (Å²) in [4.78, 5) is 30.0. The molecule has 1 unspecified atom stereocenters. The van der Waals surface area contributed by atoms with Gasteiger partial charge in [-0.2, -0.15) is 0 Å². The second-order valence-corrected chi connectivity index (χ2v) is 9.29. The number of carbonyl (C=O) groups excluding carboxylic acids is 2. The Kier molecular flexibility index (Phi) is 6.88. The molecule has 0 aliphatic carbocycles. The summed E-state index contributed by atoms with van der Waals surface area (Å²) in [6.45, 7) is 4.25. The number of ether oxygens (including phenoxy) is 3. The van der Waals surface area contributed by atoms with Crippen molar-refractivity contribution in [3.63, 3.8) is 0 Å². The normalized spacial score (nSPS) is 22.0. The summed E-state index contributed by atoms with van der Waals surface area (Å²) in [6.07, 6.45) is 0. The fourth-order valence-corrected chi connectivity index (χ4v) is 5.07. The number of likely N-dealkylation sites (tertiary alicyclic amines) is 1. The molecule has 1 amide bonds. The Bertz CT molecular complexity index is 1190. The number of fused-ring (bicyclic) bond motifs is 1. The molecule has 0 N–H and O–H groups in total. The third kappa shape index (κ3) is 4.71. The van der Waals surface area contributed by atoms with Crippen LogP contribution in [0.3, 0.4) is 0 Å². The molecule has 3 heterocycles. The molecule has 1 atom stereocenters. The Labute approximate surface area is 212 Å². The number of rotatable bonds is 5. The zero-order chi connectivity index (χ0) is 24.5. The fraction of sp³-hybridized carbons (Fsp3) is 0.360. The summed E-state index contributed by atoms with van der Waals surface area (Å²) in [7, 11) is 0. The molecule has 5 rings (SSSR count). The first-order chi connectivity index (χ1) is 16.9. The predicted octanol–water partition coefficient (Wildman–Crippen LogP) is 2.32. The van der Waals surface area contributed by atoms with Crippen molar-refractivity contribution in [2.24, 2.45) is 0 Å². The lowest BCUT2D eigenvalue weighted by Gasteiger charge is -2.32. The predicted molar refractivity (Wildman–Crippen MR) is 128 cm³/mol. The highest BCUT2D eigenvalue weighted by Gasteiger charge is 2.45. The molecule has 0 aromatic heterocycles. The van der Waals surface area contributed by atoms with E-state index >= 15 is 0 Å². The van der Waals surface area contributed by atoms with E-state index in [0.29, 0.717) is 55.1 Å². The molecule has 2 saturated heterocycles. The van der Waals surface area contributed by atoms with Gasteiger partial charge in [-0.15, -0.1) is 0 Å². The molecular formula is C25H23Cl2N2O6-. The van der Waals surface area contributed by atoms with Gasteiger partial charge < -0.3 is 24.2 Å². The molecule has 3 aliphatic rings. The number of carbonyl (C=O) groups is 2. The number of morpholine rings is 1. The Morgan fingerprint density at radius 1 is 0.943 bits per heavy atom. The van der Waals surface area contributed by atoms with Gasteiger partial charge in [-0.25, -0.2) is 0 Å². The van der Waals surface area contributed by atoms with E-state index in [4.69, 9.17) is 37.4 Å². The quantitative estimate of drug-likeness (QED) is 0.341. The van der Waals surface area contributed by atoms with E-state index in [1.165, 1.54) is 11.0 Å². The molecule has 2 aromatic rings. The summed E-state index contributed by atoms with van der Waals surface area (Å²) in [5.74, 6) is -1.16. The minimum Gasteiger partial charge on any atom is -0.872 e. The van der Waals surface area contributed by atoms with E-state index in [1.54, 1.807) is 30.3 Å². The third-order valence-electron chi connectivity index (χ3n) is 6.35. The number of benzene rings is 2. The summed E-state index contributed by atoms with van der Waals surface area (Å²) in [5.41, 5.74) is 0.562. The van der Waals surface area contributed by atoms with Crippen molar-refractivity contribution in [3.8, 4) is 11.5 Å². The van der Waals surface area contributed by atoms with Gasteiger partial charge in [0.15, 0.2) is 11.5 Å². The molecule has 10 heteroatoms. The highest BCUT2D eigenvalue weighted by Crippen LogP contribution is 2.42. The second kappa shape index (κ2) is 10.1. The molecule has 2 aromatic carbocycles. The lowest BCUT2D eigenvalue weighted by molar-refractivity contribution is -0.245. The molecule has 0 bridgehead atoms. The van der Waals surface area contributed by atoms with Gasteiger partial charge in [-0.05, 0) is 35.4 Å². The van der Waals surface area contributed by atoms with Gasteiger partial charge in [0.1, 0.15) is 13.2 Å². The summed E-state index contributed by atoms with van der Waals surface area (Å²) >= 11 is 12.6. The number of Topliss-reactive ketones (excluding diaryl/α,β-unsaturated/α-hetero) is 1. The van der Waals surface area contributed by atoms with Crippen LogP contribution in [0.15, 0.2) is 42.0 Å². The van der Waals surface area contributed by atoms with E-state index in [0.717, 1.165) is 13.1 Å². The Hall–Kier alpha value is -2.78. The highest BCUT2D eigenvalue weighted by molar-refractivity contribution is 6.47. The maximum atomic E-state index is 13.7. The fourth-order valence-electron chi connectivity index (χ4n) is 4.56. The maximum absolute atomic E-state index is 13.7. The molecule has 0 saturated carbocycles. The molecule has 2 fully saturated rings. The van der Waals surface area contributed by atoms with Crippen LogP contribution >= 0.6 is 23.2 Å². The molecule has 0 spiro atoms. The summed E-state index contributed by atoms with van der Waals surface area (Å²) in [6, 6.07) is 8.63. The summed E-state index contributed by atoms with van der Waals surface area (Å²) < 4.78 is 16.5. The first kappa shape index (κ1) is 23.9. The van der Waals surface area contributed by atoms with Gasteiger partial charge in [-0.3, -0.25) is 14.5 Å². The molecule has 3 aliphatic heterocycles. The van der Waals surface area contributed by atoms with Crippen molar-refractivity contribution >= 4 is 40.7 Å². The number of hydrogen-bond acceptors (Lipinski definition) is 7. The highest BCUT2D eigenvalue weighted by atomic mass is 35.5. The van der Waals surface area contributed by atoms with Crippen LogP contribution in [0.1, 0.15) is 17.2 Å². The van der Waals surface area contributed by atoms with Gasteiger partial charge in [0, 0.05) is 41.8 Å². The SMILES string of the molecule is O=C1C(=O)N(CCN2CCOCC2)C(c2ccc(Cl)cc2Cl)C1=C([O-])c1ccc2c(c1)OCCO2. The number of ketones is 1. The van der Waals surface area contributed by atoms with E-state index in [9.17, 15) is 14.7 Å². The average Bonchev–Trinajstić information content (AvgIpc) is 3.12. The largest absolute Gasteiger partial charge is 0.872 e. The van der Waals surface area contributed by atoms with Crippen LogP contribution in [0.2, 0.25) is 10.0 Å². The Balaban J connectivity index is 1.56. The molecule has 8 nitrogen and oxygen atoms in total. The van der Waals surface area contributed by atoms with Crippen molar-refractivity contribution in [1.29, 1.82) is 0 Å². The third-order valence-corrected chi connectivity index (χ3v) is 6.91. The van der Waals surface area contributed by atoms with Crippen molar-refractivity contribution in [2.75, 3.05) is 52.6 Å². The van der Waals surface area contributed by atoms with Gasteiger partial charge in [0.05, 0.1) is 19.3 Å². The van der Waals surface area contributed by atoms with Crippen molar-refractivity contribution in [2.45, 2.75) is 6.04 Å². The number of amides is 1. The Morgan fingerprint density at radius 2 is 1.69 bits per heavy atom. The molecule has 184 valence electrons. The van der Waals surface area contributed by atoms with E-state index in [2.05, 4.69) is 4.90 Å². The van der Waals surface area contributed by atoms with Crippen LogP contribution in [0.25, 0.3) is 5.76 Å². The smallest absolute Gasteiger partial charge is 0.295 e. The van der Waals surface area contributed by atoms with E-state index in [-0.39, 0.29) is 22.7 Å². The second-order valence-electron chi connectivity index (χ2n) is 8.45. The number of halogens is 2. The molecule has 0 radical (unpaired) electrons. The first-order valence-corrected chi connectivity index (χ1v) is 12.1. The minimum absolute atomic E-state index is 0.141. The van der Waals surface area contributed by atoms with Gasteiger partial charge in [0.2, 0.25) is 5.78 Å². The minimum atomic E-state index is -0.929. The average molecular weight is 518 g/mol.